The summed E-state index contributed by atoms with van der Waals surface area (Å²) in [5.41, 5.74) is 3.38. The first kappa shape index (κ1) is 14.0. The molecule has 2 N–H and O–H groups in total. The number of carbonyl (C=O) groups excluding carboxylic acids is 1. The largest absolute Gasteiger partial charge is 0.460 e. The van der Waals surface area contributed by atoms with Gasteiger partial charge in [0.1, 0.15) is 17.2 Å². The summed E-state index contributed by atoms with van der Waals surface area (Å²) in [6, 6.07) is 12.3. The van der Waals surface area contributed by atoms with Crippen LogP contribution in [0, 0.1) is 6.92 Å². The first-order valence-corrected chi connectivity index (χ1v) is 6.22. The molecular weight excluding hydrogens is 256 g/mol. The van der Waals surface area contributed by atoms with E-state index in [-0.39, 0.29) is 0 Å². The predicted molar refractivity (Wildman–Crippen MR) is 75.2 cm³/mol. The minimum absolute atomic E-state index is 0.520. The quantitative estimate of drug-likeness (QED) is 0.661. The molecule has 0 radical (unpaired) electrons. The molecule has 20 heavy (non-hydrogen) atoms. The molecular formula is C15H16N2O3. The second-order valence-corrected chi connectivity index (χ2v) is 4.40. The van der Waals surface area contributed by atoms with E-state index < -0.39 is 12.0 Å². The number of aliphatic hydroxyl groups excluding tert-OH is 1. The van der Waals surface area contributed by atoms with Gasteiger partial charge < -0.3 is 9.52 Å². The number of aryl methyl sites for hydroxylation is 1. The Balaban J connectivity index is 2.01. The van der Waals surface area contributed by atoms with Crippen molar-refractivity contribution in [2.45, 2.75) is 20.0 Å². The van der Waals surface area contributed by atoms with Crippen molar-refractivity contribution in [2.24, 2.45) is 5.10 Å². The lowest BCUT2D eigenvalue weighted by Gasteiger charge is -2.09. The van der Waals surface area contributed by atoms with E-state index in [1.165, 1.54) is 0 Å². The third kappa shape index (κ3) is 3.33. The van der Waals surface area contributed by atoms with Crippen molar-refractivity contribution in [1.29, 1.82) is 0 Å². The number of hydrogen-bond donors (Lipinski definition) is 2. The van der Waals surface area contributed by atoms with Crippen LogP contribution < -0.4 is 5.43 Å². The Morgan fingerprint density at radius 1 is 1.25 bits per heavy atom. The van der Waals surface area contributed by atoms with E-state index in [2.05, 4.69) is 10.5 Å². The van der Waals surface area contributed by atoms with Crippen molar-refractivity contribution < 1.29 is 14.3 Å². The molecule has 0 saturated carbocycles. The van der Waals surface area contributed by atoms with Crippen molar-refractivity contribution in [2.75, 3.05) is 0 Å². The summed E-state index contributed by atoms with van der Waals surface area (Å²) in [5.74, 6) is 0.765. The molecule has 1 aromatic heterocycles. The van der Waals surface area contributed by atoms with E-state index in [0.29, 0.717) is 17.0 Å². The second-order valence-electron chi connectivity index (χ2n) is 4.40. The minimum atomic E-state index is -1.24. The highest BCUT2D eigenvalue weighted by Gasteiger charge is 2.16. The molecule has 5 nitrogen and oxygen atoms in total. The van der Waals surface area contributed by atoms with Crippen molar-refractivity contribution >= 4 is 11.6 Å². The van der Waals surface area contributed by atoms with Gasteiger partial charge in [-0.3, -0.25) is 4.79 Å². The van der Waals surface area contributed by atoms with Crippen LogP contribution in [-0.4, -0.2) is 16.7 Å². The van der Waals surface area contributed by atoms with Gasteiger partial charge in [-0.15, -0.1) is 0 Å². The van der Waals surface area contributed by atoms with Gasteiger partial charge >= 0.3 is 0 Å². The molecule has 5 heteroatoms. The summed E-state index contributed by atoms with van der Waals surface area (Å²) in [6.07, 6.45) is -1.24. The smallest absolute Gasteiger partial charge is 0.273 e. The molecule has 2 aromatic rings. The van der Waals surface area contributed by atoms with Crippen LogP contribution in [-0.2, 0) is 4.79 Å². The molecule has 0 aliphatic heterocycles. The molecule has 1 amide bonds. The Bertz CT molecular complexity index is 617. The number of furan rings is 1. The summed E-state index contributed by atoms with van der Waals surface area (Å²) in [5, 5.41) is 13.8. The molecule has 1 atom stereocenters. The van der Waals surface area contributed by atoms with E-state index in [1.54, 1.807) is 37.3 Å². The maximum atomic E-state index is 11.8. The molecule has 1 unspecified atom stereocenters. The molecule has 0 spiro atoms. The first-order valence-electron chi connectivity index (χ1n) is 6.22. The number of nitrogens with one attached hydrogen (secondary N) is 1. The van der Waals surface area contributed by atoms with Crippen LogP contribution in [0.15, 0.2) is 52.0 Å². The van der Waals surface area contributed by atoms with Crippen LogP contribution >= 0.6 is 0 Å². The van der Waals surface area contributed by atoms with Gasteiger partial charge in [0.05, 0.1) is 0 Å². The number of benzene rings is 1. The van der Waals surface area contributed by atoms with Gasteiger partial charge in [-0.25, -0.2) is 5.43 Å². The zero-order valence-corrected chi connectivity index (χ0v) is 11.3. The van der Waals surface area contributed by atoms with Crippen LogP contribution in [0.4, 0.5) is 0 Å². The summed E-state index contributed by atoms with van der Waals surface area (Å²) < 4.78 is 5.38. The van der Waals surface area contributed by atoms with Gasteiger partial charge in [-0.1, -0.05) is 30.3 Å². The number of aliphatic hydroxyl groups is 1. The number of amides is 1. The molecule has 1 heterocycles. The van der Waals surface area contributed by atoms with Crippen molar-refractivity contribution in [3.8, 4) is 0 Å². The Morgan fingerprint density at radius 3 is 2.55 bits per heavy atom. The highest BCUT2D eigenvalue weighted by molar-refractivity contribution is 5.97. The summed E-state index contributed by atoms with van der Waals surface area (Å²) in [4.78, 5) is 11.8. The normalized spacial score (nSPS) is 13.1. The van der Waals surface area contributed by atoms with Gasteiger partial charge in [0, 0.05) is 0 Å². The van der Waals surface area contributed by atoms with Gasteiger partial charge in [-0.05, 0) is 31.5 Å². The zero-order valence-electron chi connectivity index (χ0n) is 11.3. The van der Waals surface area contributed by atoms with E-state index in [4.69, 9.17) is 4.42 Å². The lowest BCUT2D eigenvalue weighted by molar-refractivity contribution is -0.129. The Kier molecular flexibility index (Phi) is 4.32. The van der Waals surface area contributed by atoms with E-state index in [1.807, 2.05) is 19.1 Å². The molecule has 1 aromatic carbocycles. The number of rotatable bonds is 4. The maximum Gasteiger partial charge on any atom is 0.273 e. The van der Waals surface area contributed by atoms with Crippen LogP contribution in [0.5, 0.6) is 0 Å². The molecule has 0 bridgehead atoms. The fourth-order valence-corrected chi connectivity index (χ4v) is 1.67. The topological polar surface area (TPSA) is 74.8 Å². The van der Waals surface area contributed by atoms with Crippen LogP contribution in [0.1, 0.15) is 30.1 Å². The van der Waals surface area contributed by atoms with Crippen LogP contribution in [0.3, 0.4) is 0 Å². The first-order chi connectivity index (χ1) is 9.58. The van der Waals surface area contributed by atoms with E-state index >= 15 is 0 Å². The molecule has 0 aliphatic carbocycles. The Hall–Kier alpha value is -2.40. The van der Waals surface area contributed by atoms with E-state index in [9.17, 15) is 9.90 Å². The molecule has 104 valence electrons. The standard InChI is InChI=1S/C15H16N2O3/c1-10-8-9-13(20-10)11(2)16-17-15(19)14(18)12-6-4-3-5-7-12/h3-9,14,18H,1-2H3,(H,17,19). The third-order valence-corrected chi connectivity index (χ3v) is 2.79. The van der Waals surface area contributed by atoms with Crippen LogP contribution in [0.2, 0.25) is 0 Å². The highest BCUT2D eigenvalue weighted by Crippen LogP contribution is 2.12. The fourth-order valence-electron chi connectivity index (χ4n) is 1.67. The number of carbonyl (C=O) groups is 1. The second kappa shape index (κ2) is 6.16. The lowest BCUT2D eigenvalue weighted by atomic mass is 10.1. The third-order valence-electron chi connectivity index (χ3n) is 2.79. The van der Waals surface area contributed by atoms with Crippen molar-refractivity contribution in [3.63, 3.8) is 0 Å². The fraction of sp³-hybridized carbons (Fsp3) is 0.200. The van der Waals surface area contributed by atoms with Crippen molar-refractivity contribution in [1.82, 2.24) is 5.43 Å². The van der Waals surface area contributed by atoms with Crippen LogP contribution in [0.25, 0.3) is 0 Å². The average molecular weight is 272 g/mol. The highest BCUT2D eigenvalue weighted by atomic mass is 16.3. The SMILES string of the molecule is CC(=NNC(=O)C(O)c1ccccc1)c1ccc(C)o1. The molecule has 0 fully saturated rings. The average Bonchev–Trinajstić information content (AvgIpc) is 2.91. The number of hydrogen-bond acceptors (Lipinski definition) is 4. The Labute approximate surface area is 116 Å². The lowest BCUT2D eigenvalue weighted by Crippen LogP contribution is -2.26. The van der Waals surface area contributed by atoms with Gasteiger partial charge in [-0.2, -0.15) is 5.10 Å². The molecule has 0 saturated heterocycles. The Morgan fingerprint density at radius 2 is 1.95 bits per heavy atom. The van der Waals surface area contributed by atoms with Gasteiger partial charge in [0.15, 0.2) is 6.10 Å². The monoisotopic (exact) mass is 272 g/mol. The summed E-state index contributed by atoms with van der Waals surface area (Å²) in [6.45, 7) is 3.54. The van der Waals surface area contributed by atoms with Crippen molar-refractivity contribution in [3.05, 3.63) is 59.5 Å². The predicted octanol–water partition coefficient (Wildman–Crippen LogP) is 2.16. The summed E-state index contributed by atoms with van der Waals surface area (Å²) in [7, 11) is 0. The van der Waals surface area contributed by atoms with E-state index in [0.717, 1.165) is 5.76 Å². The minimum Gasteiger partial charge on any atom is -0.460 e. The zero-order chi connectivity index (χ0) is 14.5. The number of nitrogens with zero attached hydrogens (tertiary/aromatic N) is 1. The summed E-state index contributed by atoms with van der Waals surface area (Å²) >= 11 is 0. The molecule has 0 aliphatic rings. The van der Waals surface area contributed by atoms with Gasteiger partial charge in [0.25, 0.3) is 5.91 Å². The van der Waals surface area contributed by atoms with Gasteiger partial charge in [0.2, 0.25) is 0 Å². The number of hydrazone groups is 1. The maximum absolute atomic E-state index is 11.8. The molecule has 2 rings (SSSR count).